The summed E-state index contributed by atoms with van der Waals surface area (Å²) in [5.74, 6) is 2.13. The van der Waals surface area contributed by atoms with Crippen molar-refractivity contribution in [3.8, 4) is 0 Å². The number of fused-ring (bicyclic) bond motifs is 2. The van der Waals surface area contributed by atoms with Gasteiger partial charge in [-0.15, -0.1) is 0 Å². The molecule has 8 nitrogen and oxygen atoms in total. The van der Waals surface area contributed by atoms with Crippen molar-refractivity contribution in [1.29, 1.82) is 0 Å². The lowest BCUT2D eigenvalue weighted by Crippen LogP contribution is -2.44. The largest absolute Gasteiger partial charge is 0.373 e. The van der Waals surface area contributed by atoms with Gasteiger partial charge in [-0.2, -0.15) is 0 Å². The predicted octanol–water partition coefficient (Wildman–Crippen LogP) is 2.19. The highest BCUT2D eigenvalue weighted by Gasteiger charge is 2.31. The molecule has 2 amide bonds. The zero-order chi connectivity index (χ0) is 22.9. The van der Waals surface area contributed by atoms with Crippen molar-refractivity contribution in [3.05, 3.63) is 46.9 Å². The number of aryl methyl sites for hydroxylation is 1. The number of aromatic nitrogens is 2. The quantitative estimate of drug-likeness (QED) is 0.772. The highest BCUT2D eigenvalue weighted by molar-refractivity contribution is 5.96. The van der Waals surface area contributed by atoms with Crippen LogP contribution in [0.4, 0.5) is 11.5 Å². The summed E-state index contributed by atoms with van der Waals surface area (Å²) in [6, 6.07) is 8.24. The number of hydrogen-bond acceptors (Lipinski definition) is 6. The van der Waals surface area contributed by atoms with Gasteiger partial charge in [0.15, 0.2) is 0 Å². The fourth-order valence-corrected chi connectivity index (χ4v) is 5.34. The van der Waals surface area contributed by atoms with Crippen LogP contribution >= 0.6 is 0 Å². The van der Waals surface area contributed by atoms with E-state index in [1.54, 1.807) is 6.92 Å². The standard InChI is InChI=1S/C25H32N6O2/c1-17(32)30-13-9-19(14-30)24-27-21-10-12-29(15-20(21)25(26-2)28-24)16-23(33)31-11-5-7-18-6-3-4-8-22(18)31/h3-4,6,8,19H,5,7,9-16H2,1-2H3,(H,26,27,28). The summed E-state index contributed by atoms with van der Waals surface area (Å²) >= 11 is 0. The average molecular weight is 449 g/mol. The van der Waals surface area contributed by atoms with Gasteiger partial charge in [-0.1, -0.05) is 18.2 Å². The third kappa shape index (κ3) is 4.31. The molecule has 33 heavy (non-hydrogen) atoms. The fourth-order valence-electron chi connectivity index (χ4n) is 5.34. The zero-order valence-corrected chi connectivity index (χ0v) is 19.5. The summed E-state index contributed by atoms with van der Waals surface area (Å²) in [6.07, 6.45) is 3.74. The Hall–Kier alpha value is -3.00. The van der Waals surface area contributed by atoms with Crippen LogP contribution in [0, 0.1) is 0 Å². The second-order valence-corrected chi connectivity index (χ2v) is 9.29. The first kappa shape index (κ1) is 21.8. The summed E-state index contributed by atoms with van der Waals surface area (Å²) in [4.78, 5) is 40.7. The van der Waals surface area contributed by atoms with E-state index in [0.29, 0.717) is 19.6 Å². The third-order valence-electron chi connectivity index (χ3n) is 7.16. The van der Waals surface area contributed by atoms with Crippen LogP contribution in [-0.4, -0.2) is 71.4 Å². The molecule has 0 radical (unpaired) electrons. The van der Waals surface area contributed by atoms with E-state index < -0.39 is 0 Å². The van der Waals surface area contributed by atoms with E-state index in [2.05, 4.69) is 22.3 Å². The summed E-state index contributed by atoms with van der Waals surface area (Å²) in [5, 5.41) is 3.25. The molecular weight excluding hydrogens is 416 g/mol. The van der Waals surface area contributed by atoms with Crippen molar-refractivity contribution in [2.45, 2.75) is 45.1 Å². The van der Waals surface area contributed by atoms with Crippen molar-refractivity contribution >= 4 is 23.3 Å². The Kier molecular flexibility index (Phi) is 6.01. The smallest absolute Gasteiger partial charge is 0.241 e. The van der Waals surface area contributed by atoms with Gasteiger partial charge in [-0.25, -0.2) is 9.97 Å². The maximum absolute atomic E-state index is 13.2. The van der Waals surface area contributed by atoms with Crippen LogP contribution in [0.2, 0.25) is 0 Å². The van der Waals surface area contributed by atoms with Gasteiger partial charge in [-0.3, -0.25) is 14.5 Å². The van der Waals surface area contributed by atoms with E-state index in [0.717, 1.165) is 73.9 Å². The van der Waals surface area contributed by atoms with Crippen LogP contribution in [0.3, 0.4) is 0 Å². The van der Waals surface area contributed by atoms with E-state index in [1.807, 2.05) is 29.0 Å². The van der Waals surface area contributed by atoms with E-state index in [9.17, 15) is 9.59 Å². The van der Waals surface area contributed by atoms with Gasteiger partial charge in [0.1, 0.15) is 11.6 Å². The molecule has 1 fully saturated rings. The van der Waals surface area contributed by atoms with E-state index >= 15 is 0 Å². The molecule has 4 heterocycles. The van der Waals surface area contributed by atoms with Gasteiger partial charge < -0.3 is 15.1 Å². The van der Waals surface area contributed by atoms with Crippen LogP contribution in [-0.2, 0) is 29.0 Å². The van der Waals surface area contributed by atoms with Crippen LogP contribution in [0.15, 0.2) is 24.3 Å². The lowest BCUT2D eigenvalue weighted by Gasteiger charge is -2.33. The van der Waals surface area contributed by atoms with Crippen molar-refractivity contribution in [3.63, 3.8) is 0 Å². The van der Waals surface area contributed by atoms with Gasteiger partial charge in [0, 0.05) is 70.3 Å². The molecule has 2 aromatic rings. The molecule has 174 valence electrons. The number of carbonyl (C=O) groups is 2. The molecule has 1 saturated heterocycles. The fraction of sp³-hybridized carbons (Fsp3) is 0.520. The number of rotatable bonds is 4. The Labute approximate surface area is 195 Å². The number of amides is 2. The number of likely N-dealkylation sites (tertiary alicyclic amines) is 1. The first-order valence-electron chi connectivity index (χ1n) is 12.0. The second-order valence-electron chi connectivity index (χ2n) is 9.29. The summed E-state index contributed by atoms with van der Waals surface area (Å²) in [5.41, 5.74) is 4.47. The minimum Gasteiger partial charge on any atom is -0.373 e. The van der Waals surface area contributed by atoms with Gasteiger partial charge in [0.2, 0.25) is 11.8 Å². The maximum Gasteiger partial charge on any atom is 0.241 e. The molecular formula is C25H32N6O2. The number of nitrogens with one attached hydrogen (secondary N) is 1. The Morgan fingerprint density at radius 1 is 1.12 bits per heavy atom. The predicted molar refractivity (Wildman–Crippen MR) is 127 cm³/mol. The minimum atomic E-state index is 0.112. The molecule has 3 aliphatic heterocycles. The van der Waals surface area contributed by atoms with Gasteiger partial charge in [-0.05, 0) is 30.9 Å². The van der Waals surface area contributed by atoms with E-state index in [4.69, 9.17) is 9.97 Å². The molecule has 1 aromatic heterocycles. The monoisotopic (exact) mass is 448 g/mol. The number of nitrogens with zero attached hydrogens (tertiary/aromatic N) is 5. The second kappa shape index (κ2) is 9.09. The number of para-hydroxylation sites is 1. The normalized spacial score (nSPS) is 20.4. The Bertz CT molecular complexity index is 1050. The van der Waals surface area contributed by atoms with Gasteiger partial charge in [0.25, 0.3) is 0 Å². The summed E-state index contributed by atoms with van der Waals surface area (Å²) in [7, 11) is 1.89. The van der Waals surface area contributed by atoms with Crippen LogP contribution in [0.1, 0.15) is 48.3 Å². The number of anilines is 2. The lowest BCUT2D eigenvalue weighted by atomic mass is 10.0. The SMILES string of the molecule is CNc1nc(C2CCN(C(C)=O)C2)nc2c1CN(CC(=O)N1CCCc3ccccc31)CC2. The first-order chi connectivity index (χ1) is 16.0. The van der Waals surface area contributed by atoms with Crippen LogP contribution in [0.5, 0.6) is 0 Å². The van der Waals surface area contributed by atoms with Crippen LogP contribution in [0.25, 0.3) is 0 Å². The molecule has 0 saturated carbocycles. The summed E-state index contributed by atoms with van der Waals surface area (Å²) in [6.45, 7) is 5.73. The number of carbonyl (C=O) groups excluding carboxylic acids is 2. The van der Waals surface area contributed by atoms with Gasteiger partial charge >= 0.3 is 0 Å². The van der Waals surface area contributed by atoms with Crippen molar-refractivity contribution in [2.24, 2.45) is 0 Å². The minimum absolute atomic E-state index is 0.112. The molecule has 0 aliphatic carbocycles. The Morgan fingerprint density at radius 3 is 2.76 bits per heavy atom. The Morgan fingerprint density at radius 2 is 1.97 bits per heavy atom. The van der Waals surface area contributed by atoms with E-state index in [1.165, 1.54) is 5.56 Å². The molecule has 0 bridgehead atoms. The van der Waals surface area contributed by atoms with E-state index in [-0.39, 0.29) is 17.7 Å². The molecule has 1 N–H and O–H groups in total. The number of hydrogen-bond donors (Lipinski definition) is 1. The number of benzene rings is 1. The topological polar surface area (TPSA) is 81.7 Å². The maximum atomic E-state index is 13.2. The lowest BCUT2D eigenvalue weighted by molar-refractivity contribution is -0.127. The summed E-state index contributed by atoms with van der Waals surface area (Å²) < 4.78 is 0. The third-order valence-corrected chi connectivity index (χ3v) is 7.16. The molecule has 5 rings (SSSR count). The Balaban J connectivity index is 1.30. The highest BCUT2D eigenvalue weighted by atomic mass is 16.2. The molecule has 1 aromatic carbocycles. The molecule has 1 atom stereocenters. The highest BCUT2D eigenvalue weighted by Crippen LogP contribution is 2.31. The van der Waals surface area contributed by atoms with Crippen molar-refractivity contribution < 1.29 is 9.59 Å². The zero-order valence-electron chi connectivity index (χ0n) is 19.5. The average Bonchev–Trinajstić information content (AvgIpc) is 3.34. The van der Waals surface area contributed by atoms with Crippen LogP contribution < -0.4 is 10.2 Å². The molecule has 0 spiro atoms. The van der Waals surface area contributed by atoms with Crippen molar-refractivity contribution in [2.75, 3.05) is 50.0 Å². The van der Waals surface area contributed by atoms with Crippen molar-refractivity contribution in [1.82, 2.24) is 19.8 Å². The van der Waals surface area contributed by atoms with Gasteiger partial charge in [0.05, 0.1) is 12.2 Å². The molecule has 3 aliphatic rings. The molecule has 1 unspecified atom stereocenters. The molecule has 8 heteroatoms. The first-order valence-corrected chi connectivity index (χ1v) is 12.0.